The highest BCUT2D eigenvalue weighted by molar-refractivity contribution is 7.46. The zero-order chi connectivity index (χ0) is 24.9. The number of phosphoric ester groups is 1. The molecule has 2 aromatic carbocycles. The summed E-state index contributed by atoms with van der Waals surface area (Å²) in [7, 11) is -2.04. The molecule has 0 aliphatic carbocycles. The molecule has 0 aliphatic rings. The van der Waals surface area contributed by atoms with E-state index < -0.39 is 13.7 Å². The fraction of sp³-hybridized carbons (Fsp3) is 0.318. The van der Waals surface area contributed by atoms with Gasteiger partial charge in [0.1, 0.15) is 23.9 Å². The lowest BCUT2D eigenvalue weighted by Gasteiger charge is -2.17. The van der Waals surface area contributed by atoms with E-state index >= 15 is 0 Å². The largest absolute Gasteiger partial charge is 0.524 e. The molecule has 182 valence electrons. The van der Waals surface area contributed by atoms with Crippen LogP contribution in [0.5, 0.6) is 23.1 Å². The second-order valence-electron chi connectivity index (χ2n) is 7.33. The predicted molar refractivity (Wildman–Crippen MR) is 123 cm³/mol. The van der Waals surface area contributed by atoms with Crippen molar-refractivity contribution in [2.75, 3.05) is 14.2 Å². The van der Waals surface area contributed by atoms with Crippen LogP contribution in [0.3, 0.4) is 0 Å². The number of para-hydroxylation sites is 2. The van der Waals surface area contributed by atoms with Gasteiger partial charge in [0.25, 0.3) is 5.91 Å². The Balaban J connectivity index is 1.98. The molecule has 34 heavy (non-hydrogen) atoms. The van der Waals surface area contributed by atoms with Gasteiger partial charge in [-0.2, -0.15) is 0 Å². The lowest BCUT2D eigenvalue weighted by atomic mass is 10.1. The van der Waals surface area contributed by atoms with E-state index in [1.54, 1.807) is 24.3 Å². The number of aromatic nitrogens is 2. The summed E-state index contributed by atoms with van der Waals surface area (Å²) in [5.74, 6) is -0.166. The summed E-state index contributed by atoms with van der Waals surface area (Å²) in [6.07, 6.45) is 0.736. The second kappa shape index (κ2) is 10.7. The quantitative estimate of drug-likeness (QED) is 0.361. The summed E-state index contributed by atoms with van der Waals surface area (Å²) in [5, 5.41) is 2.86. The highest BCUT2D eigenvalue weighted by atomic mass is 31.2. The van der Waals surface area contributed by atoms with E-state index in [4.69, 9.17) is 24.0 Å². The summed E-state index contributed by atoms with van der Waals surface area (Å²) in [6.45, 7) is 3.69. The Bertz CT molecular complexity index is 1200. The minimum atomic E-state index is -4.79. The predicted octanol–water partition coefficient (Wildman–Crippen LogP) is 3.23. The van der Waals surface area contributed by atoms with Gasteiger partial charge in [0.2, 0.25) is 5.88 Å². The van der Waals surface area contributed by atoms with E-state index in [-0.39, 0.29) is 41.5 Å². The number of rotatable bonds is 10. The number of amides is 1. The molecule has 0 radical (unpaired) electrons. The topological polar surface area (TPSA) is 149 Å². The van der Waals surface area contributed by atoms with Crippen molar-refractivity contribution < 1.29 is 37.9 Å². The summed E-state index contributed by atoms with van der Waals surface area (Å²) in [4.78, 5) is 40.0. The lowest BCUT2D eigenvalue weighted by molar-refractivity contribution is 0.0928. The molecule has 0 saturated carbocycles. The average Bonchev–Trinajstić information content (AvgIpc) is 2.80. The molecule has 0 aliphatic heterocycles. The van der Waals surface area contributed by atoms with Crippen molar-refractivity contribution in [1.29, 1.82) is 0 Å². The molecule has 3 N–H and O–H groups in total. The van der Waals surface area contributed by atoms with Gasteiger partial charge in [0, 0.05) is 18.2 Å². The molecule has 0 fully saturated rings. The Morgan fingerprint density at radius 3 is 2.21 bits per heavy atom. The molecular weight excluding hydrogens is 465 g/mol. The summed E-state index contributed by atoms with van der Waals surface area (Å²) in [5.41, 5.74) is 1.52. The maximum atomic E-state index is 12.9. The standard InChI is InChI=1S/C22H26N3O8P/c1-5-13(2)23-21(26)20-22(25-17-9-7-6-8-16(17)24-20)32-12-15-18(30-3)10-14(11-19(15)31-4)33-34(27,28)29/h6-11,13H,5,12H2,1-4H3,(H,23,26)(H2,27,28,29). The van der Waals surface area contributed by atoms with Crippen molar-refractivity contribution in [3.8, 4) is 23.1 Å². The van der Waals surface area contributed by atoms with Crippen LogP contribution in [0.1, 0.15) is 36.3 Å². The van der Waals surface area contributed by atoms with Crippen molar-refractivity contribution in [2.24, 2.45) is 0 Å². The van der Waals surface area contributed by atoms with Crippen LogP contribution in [-0.2, 0) is 11.2 Å². The fourth-order valence-electron chi connectivity index (χ4n) is 3.06. The van der Waals surface area contributed by atoms with Gasteiger partial charge in [-0.3, -0.25) is 14.6 Å². The zero-order valence-corrected chi connectivity index (χ0v) is 20.0. The average molecular weight is 491 g/mol. The molecular formula is C22H26N3O8P. The van der Waals surface area contributed by atoms with Gasteiger partial charge in [-0.15, -0.1) is 0 Å². The SMILES string of the molecule is CCC(C)NC(=O)c1nc2ccccc2nc1OCc1c(OC)cc(OP(=O)(O)O)cc1OC. The van der Waals surface area contributed by atoms with Gasteiger partial charge < -0.3 is 24.1 Å². The maximum absolute atomic E-state index is 12.9. The highest BCUT2D eigenvalue weighted by Crippen LogP contribution is 2.42. The van der Waals surface area contributed by atoms with Crippen LogP contribution in [0, 0.1) is 0 Å². The first-order valence-electron chi connectivity index (χ1n) is 10.4. The van der Waals surface area contributed by atoms with Gasteiger partial charge in [-0.25, -0.2) is 14.5 Å². The van der Waals surface area contributed by atoms with Crippen molar-refractivity contribution in [2.45, 2.75) is 32.9 Å². The van der Waals surface area contributed by atoms with Crippen LogP contribution in [0.15, 0.2) is 36.4 Å². The van der Waals surface area contributed by atoms with Crippen LogP contribution >= 0.6 is 7.82 Å². The third-order valence-corrected chi connectivity index (χ3v) is 5.35. The number of fused-ring (bicyclic) bond motifs is 1. The number of methoxy groups -OCH3 is 2. The van der Waals surface area contributed by atoms with E-state index in [1.165, 1.54) is 26.4 Å². The number of hydrogen-bond donors (Lipinski definition) is 3. The van der Waals surface area contributed by atoms with Gasteiger partial charge >= 0.3 is 7.82 Å². The van der Waals surface area contributed by atoms with E-state index in [9.17, 15) is 9.36 Å². The molecule has 12 heteroatoms. The number of benzene rings is 2. The van der Waals surface area contributed by atoms with E-state index in [1.807, 2.05) is 13.8 Å². The molecule has 1 aromatic heterocycles. The minimum Gasteiger partial charge on any atom is -0.496 e. The van der Waals surface area contributed by atoms with Crippen molar-refractivity contribution >= 4 is 24.8 Å². The molecule has 1 heterocycles. The number of carbonyl (C=O) groups excluding carboxylic acids is 1. The smallest absolute Gasteiger partial charge is 0.496 e. The molecule has 1 atom stereocenters. The normalized spacial score (nSPS) is 12.2. The number of ether oxygens (including phenoxy) is 3. The van der Waals surface area contributed by atoms with Crippen LogP contribution in [0.25, 0.3) is 11.0 Å². The summed E-state index contributed by atoms with van der Waals surface area (Å²) in [6, 6.07) is 9.61. The molecule has 11 nitrogen and oxygen atoms in total. The van der Waals surface area contributed by atoms with Crippen LogP contribution in [0.4, 0.5) is 0 Å². The summed E-state index contributed by atoms with van der Waals surface area (Å²) < 4.78 is 32.4. The van der Waals surface area contributed by atoms with Crippen molar-refractivity contribution in [3.05, 3.63) is 47.7 Å². The monoisotopic (exact) mass is 491 g/mol. The zero-order valence-electron chi connectivity index (χ0n) is 19.1. The Kier molecular flexibility index (Phi) is 7.93. The maximum Gasteiger partial charge on any atom is 0.524 e. The Hall–Kier alpha value is -3.40. The Morgan fingerprint density at radius 1 is 1.09 bits per heavy atom. The van der Waals surface area contributed by atoms with Crippen LogP contribution in [0.2, 0.25) is 0 Å². The molecule has 3 rings (SSSR count). The number of phosphoric acid groups is 1. The lowest BCUT2D eigenvalue weighted by Crippen LogP contribution is -2.33. The van der Waals surface area contributed by atoms with Crippen LogP contribution < -0.4 is 24.1 Å². The first-order valence-corrected chi connectivity index (χ1v) is 11.9. The van der Waals surface area contributed by atoms with Gasteiger partial charge in [-0.05, 0) is 25.5 Å². The molecule has 0 bridgehead atoms. The third-order valence-electron chi connectivity index (χ3n) is 4.90. The van der Waals surface area contributed by atoms with E-state index in [2.05, 4.69) is 19.8 Å². The molecule has 1 unspecified atom stereocenters. The first-order chi connectivity index (χ1) is 16.1. The molecule has 0 saturated heterocycles. The molecule has 3 aromatic rings. The fourth-order valence-corrected chi connectivity index (χ4v) is 3.44. The number of nitrogens with one attached hydrogen (secondary N) is 1. The van der Waals surface area contributed by atoms with Gasteiger partial charge in [0.15, 0.2) is 5.69 Å². The highest BCUT2D eigenvalue weighted by Gasteiger charge is 2.23. The van der Waals surface area contributed by atoms with Gasteiger partial charge in [0.05, 0.1) is 30.8 Å². The Morgan fingerprint density at radius 2 is 1.68 bits per heavy atom. The van der Waals surface area contributed by atoms with E-state index in [0.29, 0.717) is 16.6 Å². The minimum absolute atomic E-state index is 0.0131. The second-order valence-corrected chi connectivity index (χ2v) is 8.49. The third kappa shape index (κ3) is 6.13. The first kappa shape index (κ1) is 25.2. The van der Waals surface area contributed by atoms with E-state index in [0.717, 1.165) is 6.42 Å². The summed E-state index contributed by atoms with van der Waals surface area (Å²) >= 11 is 0. The van der Waals surface area contributed by atoms with Crippen molar-refractivity contribution in [3.63, 3.8) is 0 Å². The number of hydrogen-bond acceptors (Lipinski definition) is 8. The number of carbonyl (C=O) groups is 1. The van der Waals surface area contributed by atoms with Crippen molar-refractivity contribution in [1.82, 2.24) is 15.3 Å². The van der Waals surface area contributed by atoms with Gasteiger partial charge in [-0.1, -0.05) is 19.1 Å². The van der Waals surface area contributed by atoms with Crippen LogP contribution in [-0.4, -0.2) is 45.9 Å². The molecule has 0 spiro atoms. The number of nitrogens with zero attached hydrogens (tertiary/aromatic N) is 2. The molecule has 1 amide bonds. The Labute approximate surface area is 196 Å².